The summed E-state index contributed by atoms with van der Waals surface area (Å²) in [5.41, 5.74) is 6.42. The number of rotatable bonds is 6. The van der Waals surface area contributed by atoms with E-state index >= 15 is 0 Å². The summed E-state index contributed by atoms with van der Waals surface area (Å²) in [5, 5.41) is 6.28. The van der Waals surface area contributed by atoms with Crippen molar-refractivity contribution in [2.45, 2.75) is 20.8 Å². The zero-order chi connectivity index (χ0) is 24.4. The molecule has 0 atom stereocenters. The maximum atomic E-state index is 12.7. The first kappa shape index (κ1) is 22.5. The summed E-state index contributed by atoms with van der Waals surface area (Å²) in [6.07, 6.45) is 3.40. The van der Waals surface area contributed by atoms with Gasteiger partial charge in [0.15, 0.2) is 0 Å². The number of amides is 1. The number of ether oxygens (including phenoxy) is 1. The van der Waals surface area contributed by atoms with Crippen LogP contribution in [0.1, 0.15) is 25.0 Å². The van der Waals surface area contributed by atoms with Crippen LogP contribution in [0.4, 0.5) is 5.69 Å². The monoisotopic (exact) mass is 461 g/mol. The van der Waals surface area contributed by atoms with Crippen molar-refractivity contribution < 1.29 is 13.9 Å². The molecule has 174 valence electrons. The minimum absolute atomic E-state index is 0.184. The molecule has 35 heavy (non-hydrogen) atoms. The smallest absolute Gasteiger partial charge is 0.248 e. The van der Waals surface area contributed by atoms with E-state index in [0.29, 0.717) is 12.4 Å². The van der Waals surface area contributed by atoms with Gasteiger partial charge in [-0.3, -0.25) is 4.79 Å². The third-order valence-corrected chi connectivity index (χ3v) is 6.13. The Hall–Kier alpha value is -4.31. The lowest BCUT2D eigenvalue weighted by molar-refractivity contribution is -0.111. The number of hydrogen-bond donors (Lipinski definition) is 1. The number of allylic oxidation sites excluding steroid dienone is 1. The van der Waals surface area contributed by atoms with Gasteiger partial charge in [0.05, 0.1) is 12.9 Å². The number of anilines is 1. The molecule has 5 aromatic rings. The van der Waals surface area contributed by atoms with E-state index in [9.17, 15) is 4.79 Å². The molecule has 1 aromatic heterocycles. The molecule has 0 unspecified atom stereocenters. The molecule has 0 saturated carbocycles. The van der Waals surface area contributed by atoms with Crippen molar-refractivity contribution in [3.63, 3.8) is 0 Å². The maximum Gasteiger partial charge on any atom is 0.248 e. The van der Waals surface area contributed by atoms with Crippen molar-refractivity contribution in [1.82, 2.24) is 0 Å². The molecule has 1 heterocycles. The summed E-state index contributed by atoms with van der Waals surface area (Å²) >= 11 is 0. The number of furan rings is 1. The van der Waals surface area contributed by atoms with Gasteiger partial charge in [-0.25, -0.2) is 0 Å². The van der Waals surface area contributed by atoms with Crippen LogP contribution in [-0.4, -0.2) is 12.5 Å². The quantitative estimate of drug-likeness (QED) is 0.261. The summed E-state index contributed by atoms with van der Waals surface area (Å²) in [4.78, 5) is 12.7. The van der Waals surface area contributed by atoms with Crippen LogP contribution in [0.25, 0.3) is 38.4 Å². The van der Waals surface area contributed by atoms with Crippen molar-refractivity contribution in [2.24, 2.45) is 0 Å². The molecular weight excluding hydrogens is 434 g/mol. The summed E-state index contributed by atoms with van der Waals surface area (Å²) in [5.74, 6) is 0.507. The number of carbonyl (C=O) groups is 1. The van der Waals surface area contributed by atoms with E-state index in [4.69, 9.17) is 9.15 Å². The highest BCUT2D eigenvalue weighted by atomic mass is 16.5. The van der Waals surface area contributed by atoms with Crippen molar-refractivity contribution in [3.05, 3.63) is 102 Å². The minimum atomic E-state index is -0.184. The summed E-state index contributed by atoms with van der Waals surface area (Å²) in [7, 11) is 0. The normalized spacial score (nSPS) is 11.7. The summed E-state index contributed by atoms with van der Waals surface area (Å²) < 4.78 is 11.8. The van der Waals surface area contributed by atoms with Gasteiger partial charge in [0.1, 0.15) is 11.3 Å². The van der Waals surface area contributed by atoms with Gasteiger partial charge >= 0.3 is 0 Å². The van der Waals surface area contributed by atoms with E-state index in [1.807, 2.05) is 63.2 Å². The lowest BCUT2D eigenvalue weighted by atomic mass is 9.97. The average molecular weight is 462 g/mol. The minimum Gasteiger partial charge on any atom is -0.493 e. The van der Waals surface area contributed by atoms with Crippen LogP contribution in [0, 0.1) is 6.92 Å². The predicted molar refractivity (Wildman–Crippen MR) is 144 cm³/mol. The van der Waals surface area contributed by atoms with Gasteiger partial charge in [0.25, 0.3) is 0 Å². The second kappa shape index (κ2) is 9.51. The zero-order valence-corrected chi connectivity index (χ0v) is 20.1. The van der Waals surface area contributed by atoms with Gasteiger partial charge in [-0.2, -0.15) is 0 Å². The summed E-state index contributed by atoms with van der Waals surface area (Å²) in [6, 6.07) is 26.4. The van der Waals surface area contributed by atoms with Gasteiger partial charge < -0.3 is 14.5 Å². The number of aryl methyl sites for hydroxylation is 1. The van der Waals surface area contributed by atoms with Crippen LogP contribution in [0.15, 0.2) is 95.6 Å². The van der Waals surface area contributed by atoms with Crippen LogP contribution in [0.2, 0.25) is 0 Å². The third-order valence-electron chi connectivity index (χ3n) is 6.13. The SMILES string of the molecule is CCOc1cc2occ(-c3ccc4ccccc4c3)c2cc1/C(C)=C/C(=O)Nc1ccc(C)cc1. The summed E-state index contributed by atoms with van der Waals surface area (Å²) in [6.45, 7) is 6.40. The average Bonchev–Trinajstić information content (AvgIpc) is 3.27. The molecule has 5 rings (SSSR count). The number of fused-ring (bicyclic) bond motifs is 2. The van der Waals surface area contributed by atoms with E-state index in [1.165, 1.54) is 10.8 Å². The Morgan fingerprint density at radius 3 is 2.51 bits per heavy atom. The van der Waals surface area contributed by atoms with Gasteiger partial charge in [0.2, 0.25) is 5.91 Å². The van der Waals surface area contributed by atoms with Gasteiger partial charge in [0, 0.05) is 34.3 Å². The van der Waals surface area contributed by atoms with Crippen molar-refractivity contribution in [1.29, 1.82) is 0 Å². The van der Waals surface area contributed by atoms with Gasteiger partial charge in [-0.05, 0) is 66.9 Å². The lowest BCUT2D eigenvalue weighted by Gasteiger charge is -2.12. The Morgan fingerprint density at radius 1 is 0.971 bits per heavy atom. The third kappa shape index (κ3) is 4.69. The van der Waals surface area contributed by atoms with E-state index in [-0.39, 0.29) is 5.91 Å². The van der Waals surface area contributed by atoms with Crippen LogP contribution in [-0.2, 0) is 4.79 Å². The molecule has 0 spiro atoms. The van der Waals surface area contributed by atoms with Gasteiger partial charge in [-0.1, -0.05) is 54.1 Å². The van der Waals surface area contributed by atoms with E-state index < -0.39 is 0 Å². The zero-order valence-electron chi connectivity index (χ0n) is 20.1. The molecule has 0 aliphatic heterocycles. The standard InChI is InChI=1S/C31H27NO3/c1-4-34-29-18-30-27(28(19-35-30)24-12-11-22-7-5-6-8-23(22)16-24)17-26(29)21(3)15-31(33)32-25-13-9-20(2)10-14-25/h5-19H,4H2,1-3H3,(H,32,33)/b21-15+. The number of nitrogens with one attached hydrogen (secondary N) is 1. The predicted octanol–water partition coefficient (Wildman–Crippen LogP) is 8.00. The van der Waals surface area contributed by atoms with E-state index in [2.05, 4.69) is 41.7 Å². The Bertz CT molecular complexity index is 1560. The second-order valence-electron chi connectivity index (χ2n) is 8.67. The first-order valence-corrected chi connectivity index (χ1v) is 11.8. The number of benzene rings is 4. The lowest BCUT2D eigenvalue weighted by Crippen LogP contribution is -2.08. The molecule has 0 aliphatic carbocycles. The molecule has 0 saturated heterocycles. The molecular formula is C31H27NO3. The molecule has 0 bridgehead atoms. The Balaban J connectivity index is 1.54. The van der Waals surface area contributed by atoms with Crippen LogP contribution in [0.3, 0.4) is 0 Å². The van der Waals surface area contributed by atoms with Crippen LogP contribution in [0.5, 0.6) is 5.75 Å². The highest BCUT2D eigenvalue weighted by molar-refractivity contribution is 6.05. The van der Waals surface area contributed by atoms with E-state index in [0.717, 1.165) is 44.5 Å². The van der Waals surface area contributed by atoms with Crippen molar-refractivity contribution >= 4 is 38.9 Å². The largest absolute Gasteiger partial charge is 0.493 e. The fourth-order valence-electron chi connectivity index (χ4n) is 4.31. The first-order chi connectivity index (χ1) is 17.0. The van der Waals surface area contributed by atoms with E-state index in [1.54, 1.807) is 12.3 Å². The fourth-order valence-corrected chi connectivity index (χ4v) is 4.31. The molecule has 0 aliphatic rings. The molecule has 0 radical (unpaired) electrons. The maximum absolute atomic E-state index is 12.7. The molecule has 4 heteroatoms. The van der Waals surface area contributed by atoms with Crippen molar-refractivity contribution in [2.75, 3.05) is 11.9 Å². The van der Waals surface area contributed by atoms with Crippen LogP contribution >= 0.6 is 0 Å². The van der Waals surface area contributed by atoms with Gasteiger partial charge in [-0.15, -0.1) is 0 Å². The highest BCUT2D eigenvalue weighted by Crippen LogP contribution is 2.38. The number of carbonyl (C=O) groups excluding carboxylic acids is 1. The Morgan fingerprint density at radius 2 is 1.74 bits per heavy atom. The molecule has 0 fully saturated rings. The fraction of sp³-hybridized carbons (Fsp3) is 0.129. The van der Waals surface area contributed by atoms with Crippen LogP contribution < -0.4 is 10.1 Å². The second-order valence-corrected chi connectivity index (χ2v) is 8.67. The number of hydrogen-bond acceptors (Lipinski definition) is 3. The topological polar surface area (TPSA) is 51.5 Å². The molecule has 1 amide bonds. The molecule has 1 N–H and O–H groups in total. The Labute approximate surface area is 204 Å². The molecule has 4 aromatic carbocycles. The Kier molecular flexibility index (Phi) is 6.11. The highest BCUT2D eigenvalue weighted by Gasteiger charge is 2.15. The molecule has 4 nitrogen and oxygen atoms in total. The first-order valence-electron chi connectivity index (χ1n) is 11.8. The van der Waals surface area contributed by atoms with Crippen molar-refractivity contribution in [3.8, 4) is 16.9 Å².